The molecule has 0 unspecified atom stereocenters. The van der Waals surface area contributed by atoms with Crippen LogP contribution < -0.4 is 5.73 Å². The molecule has 13 N–H and O–H groups in total. The summed E-state index contributed by atoms with van der Waals surface area (Å²) in [6.07, 6.45) is -22.0. The molecule has 2 heterocycles. The number of hydrogen-bond donors (Lipinski definition) is 12. The van der Waals surface area contributed by atoms with Crippen molar-refractivity contribution in [1.82, 2.24) is 0 Å². The summed E-state index contributed by atoms with van der Waals surface area (Å²) in [6, 6.07) is -1.39. The molecule has 2 aliphatic rings. The highest BCUT2D eigenvalue weighted by Gasteiger charge is 2.51. The predicted molar refractivity (Wildman–Crippen MR) is 105 cm³/mol. The van der Waals surface area contributed by atoms with Crippen molar-refractivity contribution in [2.24, 2.45) is 5.73 Å². The molecular weight excluding hydrogens is 470 g/mol. The summed E-state index contributed by atoms with van der Waals surface area (Å²) in [6.45, 7) is -3.43. The second kappa shape index (κ2) is 13.1. The van der Waals surface area contributed by atoms with Gasteiger partial charge in [0.2, 0.25) is 0 Å². The van der Waals surface area contributed by atoms with E-state index in [0.717, 1.165) is 0 Å². The molecule has 16 nitrogen and oxygen atoms in total. The Morgan fingerprint density at radius 3 is 1.76 bits per heavy atom. The van der Waals surface area contributed by atoms with Crippen LogP contribution in [-0.4, -0.2) is 168 Å². The first kappa shape index (κ1) is 29.6. The van der Waals surface area contributed by atoms with Gasteiger partial charge in [-0.15, -0.1) is 0 Å². The van der Waals surface area contributed by atoms with E-state index in [0.29, 0.717) is 0 Å². The van der Waals surface area contributed by atoms with Crippen LogP contribution in [0.4, 0.5) is 0 Å². The lowest BCUT2D eigenvalue weighted by Gasteiger charge is -2.47. The third kappa shape index (κ3) is 6.37. The van der Waals surface area contributed by atoms with Crippen molar-refractivity contribution in [1.29, 1.82) is 0 Å². The molecule has 0 aromatic rings. The van der Waals surface area contributed by atoms with Crippen molar-refractivity contribution in [2.75, 3.05) is 26.4 Å². The van der Waals surface area contributed by atoms with E-state index < -0.39 is 112 Å². The van der Waals surface area contributed by atoms with Crippen LogP contribution in [0.25, 0.3) is 0 Å². The van der Waals surface area contributed by atoms with Crippen molar-refractivity contribution in [3.8, 4) is 0 Å². The maximum atomic E-state index is 10.7. The number of hydrogen-bond acceptors (Lipinski definition) is 16. The van der Waals surface area contributed by atoms with Crippen LogP contribution in [0, 0.1) is 0 Å². The Bertz CT molecular complexity index is 602. The van der Waals surface area contributed by atoms with E-state index in [1.807, 2.05) is 0 Å². The number of nitrogens with two attached hydrogens (primary N) is 1. The average molecular weight is 505 g/mol. The largest absolute Gasteiger partial charge is 0.394 e. The summed E-state index contributed by atoms with van der Waals surface area (Å²) in [5.41, 5.74) is 5.80. The number of rotatable bonds is 11. The standard InChI is InChI=1S/C18H35NO15/c19-9-13(29)11(27)7(3-22)31-17(9)34-16-12(28)8(4-23)32-18(14(16)30)33-15(6(25)2-21)10(26)5(24)1-20/h5-18,20-30H,1-4,19H2/t5-,6+,7+,8+,9+,10+,11+,12-,13+,14+,15+,16-,17-,18-/m0/s1. The second-order valence-electron chi connectivity index (χ2n) is 8.18. The van der Waals surface area contributed by atoms with Gasteiger partial charge in [-0.2, -0.15) is 0 Å². The van der Waals surface area contributed by atoms with Crippen LogP contribution in [0.15, 0.2) is 0 Å². The summed E-state index contributed by atoms with van der Waals surface area (Å²) < 4.78 is 21.4. The van der Waals surface area contributed by atoms with E-state index in [2.05, 4.69) is 0 Å². The molecule has 0 radical (unpaired) electrons. The van der Waals surface area contributed by atoms with Gasteiger partial charge in [-0.25, -0.2) is 0 Å². The molecule has 0 bridgehead atoms. The lowest BCUT2D eigenvalue weighted by Crippen LogP contribution is -2.67. The maximum Gasteiger partial charge on any atom is 0.187 e. The first-order valence-electron chi connectivity index (χ1n) is 10.6. The maximum absolute atomic E-state index is 10.7. The van der Waals surface area contributed by atoms with Gasteiger partial charge < -0.3 is 80.9 Å². The summed E-state index contributed by atoms with van der Waals surface area (Å²) >= 11 is 0. The van der Waals surface area contributed by atoms with E-state index in [1.165, 1.54) is 0 Å². The Labute approximate surface area is 193 Å². The Morgan fingerprint density at radius 1 is 0.706 bits per heavy atom. The molecular formula is C18H35NO15. The van der Waals surface area contributed by atoms with Crippen LogP contribution in [0.1, 0.15) is 0 Å². The molecule has 2 saturated heterocycles. The average Bonchev–Trinajstić information content (AvgIpc) is 2.84. The quantitative estimate of drug-likeness (QED) is 0.124. The molecule has 202 valence electrons. The predicted octanol–water partition coefficient (Wildman–Crippen LogP) is -7.97. The lowest BCUT2D eigenvalue weighted by atomic mass is 9.96. The molecule has 14 atom stereocenters. The smallest absolute Gasteiger partial charge is 0.187 e. The highest BCUT2D eigenvalue weighted by atomic mass is 16.7. The minimum Gasteiger partial charge on any atom is -0.394 e. The van der Waals surface area contributed by atoms with E-state index in [1.54, 1.807) is 0 Å². The van der Waals surface area contributed by atoms with Crippen molar-refractivity contribution in [3.05, 3.63) is 0 Å². The molecule has 0 spiro atoms. The van der Waals surface area contributed by atoms with Gasteiger partial charge in [-0.3, -0.25) is 0 Å². The van der Waals surface area contributed by atoms with Gasteiger partial charge in [0, 0.05) is 0 Å². The van der Waals surface area contributed by atoms with Crippen LogP contribution in [0.5, 0.6) is 0 Å². The highest BCUT2D eigenvalue weighted by molar-refractivity contribution is 4.96. The summed E-state index contributed by atoms with van der Waals surface area (Å²) in [5.74, 6) is 0. The zero-order chi connectivity index (χ0) is 25.7. The molecule has 0 aliphatic carbocycles. The SMILES string of the molecule is N[C@H]1[C@H](O[C@H]2[C@@H](O)[C@@H](CO)O[C@@H](O[C@@H]([C@H](O)[C@@H](O)CO)[C@H](O)CO)[C@@H]2O)O[C@H](CO)[C@@H](O)[C@@H]1O. The van der Waals surface area contributed by atoms with E-state index in [9.17, 15) is 51.1 Å². The Morgan fingerprint density at radius 2 is 1.24 bits per heavy atom. The first-order chi connectivity index (χ1) is 16.0. The van der Waals surface area contributed by atoms with Crippen LogP contribution in [-0.2, 0) is 18.9 Å². The Kier molecular flexibility index (Phi) is 11.4. The number of aliphatic hydroxyl groups is 11. The summed E-state index contributed by atoms with van der Waals surface area (Å²) in [4.78, 5) is 0. The fourth-order valence-corrected chi connectivity index (χ4v) is 3.69. The normalized spacial score (nSPS) is 42.7. The molecule has 2 fully saturated rings. The van der Waals surface area contributed by atoms with Gasteiger partial charge in [0.05, 0.1) is 32.5 Å². The van der Waals surface area contributed by atoms with Gasteiger partial charge in [0.1, 0.15) is 67.1 Å². The van der Waals surface area contributed by atoms with Gasteiger partial charge in [-0.05, 0) is 0 Å². The van der Waals surface area contributed by atoms with Crippen molar-refractivity contribution in [3.63, 3.8) is 0 Å². The molecule has 0 aromatic carbocycles. The van der Waals surface area contributed by atoms with Crippen molar-refractivity contribution >= 4 is 0 Å². The fraction of sp³-hybridized carbons (Fsp3) is 1.00. The third-order valence-electron chi connectivity index (χ3n) is 5.82. The topological polar surface area (TPSA) is 285 Å². The minimum atomic E-state index is -1.96. The number of ether oxygens (including phenoxy) is 4. The Hall–Kier alpha value is -0.640. The zero-order valence-electron chi connectivity index (χ0n) is 18.0. The van der Waals surface area contributed by atoms with Crippen LogP contribution >= 0.6 is 0 Å². The van der Waals surface area contributed by atoms with Gasteiger partial charge in [0.25, 0.3) is 0 Å². The second-order valence-corrected chi connectivity index (χ2v) is 8.18. The van der Waals surface area contributed by atoms with E-state index in [-0.39, 0.29) is 0 Å². The molecule has 0 saturated carbocycles. The molecule has 16 heteroatoms. The van der Waals surface area contributed by atoms with Crippen LogP contribution in [0.3, 0.4) is 0 Å². The zero-order valence-corrected chi connectivity index (χ0v) is 18.0. The van der Waals surface area contributed by atoms with Crippen molar-refractivity contribution in [2.45, 2.75) is 85.8 Å². The third-order valence-corrected chi connectivity index (χ3v) is 5.82. The fourth-order valence-electron chi connectivity index (χ4n) is 3.69. The van der Waals surface area contributed by atoms with Crippen LogP contribution in [0.2, 0.25) is 0 Å². The summed E-state index contributed by atoms with van der Waals surface area (Å²) in [7, 11) is 0. The lowest BCUT2D eigenvalue weighted by molar-refractivity contribution is -0.358. The van der Waals surface area contributed by atoms with Gasteiger partial charge in [-0.1, -0.05) is 0 Å². The highest BCUT2D eigenvalue weighted by Crippen LogP contribution is 2.30. The number of aliphatic hydroxyl groups excluding tert-OH is 11. The first-order valence-corrected chi connectivity index (χ1v) is 10.6. The molecule has 0 aromatic heterocycles. The molecule has 34 heavy (non-hydrogen) atoms. The molecule has 0 amide bonds. The molecule has 2 rings (SSSR count). The van der Waals surface area contributed by atoms with Gasteiger partial charge >= 0.3 is 0 Å². The monoisotopic (exact) mass is 505 g/mol. The van der Waals surface area contributed by atoms with E-state index >= 15 is 0 Å². The summed E-state index contributed by atoms with van der Waals surface area (Å²) in [5, 5.41) is 108. The minimum absolute atomic E-state index is 0.722. The Balaban J connectivity index is 2.24. The van der Waals surface area contributed by atoms with Crippen molar-refractivity contribution < 1.29 is 75.1 Å². The molecule has 2 aliphatic heterocycles. The van der Waals surface area contributed by atoms with E-state index in [4.69, 9.17) is 29.8 Å². The van der Waals surface area contributed by atoms with Gasteiger partial charge in [0.15, 0.2) is 12.6 Å².